The van der Waals surface area contributed by atoms with Gasteiger partial charge < -0.3 is 4.74 Å². The zero-order valence-electron chi connectivity index (χ0n) is 14.4. The van der Waals surface area contributed by atoms with Crippen molar-refractivity contribution in [3.63, 3.8) is 0 Å². The number of amides is 1. The van der Waals surface area contributed by atoms with Crippen LogP contribution in [-0.2, 0) is 4.79 Å². The number of aromatic nitrogens is 2. The van der Waals surface area contributed by atoms with Gasteiger partial charge in [-0.05, 0) is 55.8 Å². The molecule has 8 heteroatoms. The topological polar surface area (TPSA) is 67.7 Å². The van der Waals surface area contributed by atoms with Gasteiger partial charge in [-0.25, -0.2) is 0 Å². The predicted molar refractivity (Wildman–Crippen MR) is 102 cm³/mol. The van der Waals surface area contributed by atoms with Crippen LogP contribution in [0.1, 0.15) is 24.4 Å². The minimum absolute atomic E-state index is 0.0344. The van der Waals surface area contributed by atoms with E-state index in [-0.39, 0.29) is 5.91 Å². The van der Waals surface area contributed by atoms with Crippen LogP contribution in [0.2, 0.25) is 0 Å². The SMILES string of the molecule is CCN1C(=O)/C(=C(\C)c2cccc(OC)c2)S/C1=N/c1nnc(C)s1. The fourth-order valence-electron chi connectivity index (χ4n) is 2.40. The van der Waals surface area contributed by atoms with Crippen LogP contribution in [0, 0.1) is 6.92 Å². The number of allylic oxidation sites excluding steroid dienone is 1. The van der Waals surface area contributed by atoms with E-state index in [0.29, 0.717) is 21.7 Å². The van der Waals surface area contributed by atoms with Gasteiger partial charge in [0, 0.05) is 6.54 Å². The third kappa shape index (κ3) is 3.59. The molecule has 2 heterocycles. The van der Waals surface area contributed by atoms with Crippen molar-refractivity contribution < 1.29 is 9.53 Å². The van der Waals surface area contributed by atoms with E-state index in [1.807, 2.05) is 45.0 Å². The van der Waals surface area contributed by atoms with Crippen molar-refractivity contribution in [2.24, 2.45) is 4.99 Å². The number of carbonyl (C=O) groups excluding carboxylic acids is 1. The first-order chi connectivity index (χ1) is 12.0. The molecular weight excluding hydrogens is 356 g/mol. The molecule has 0 radical (unpaired) electrons. The summed E-state index contributed by atoms with van der Waals surface area (Å²) in [7, 11) is 1.63. The summed E-state index contributed by atoms with van der Waals surface area (Å²) in [5.74, 6) is 0.728. The maximum atomic E-state index is 12.8. The quantitative estimate of drug-likeness (QED) is 0.760. The van der Waals surface area contributed by atoms with Gasteiger partial charge in [0.2, 0.25) is 5.13 Å². The first-order valence-electron chi connectivity index (χ1n) is 7.77. The van der Waals surface area contributed by atoms with Crippen molar-refractivity contribution in [2.45, 2.75) is 20.8 Å². The zero-order valence-corrected chi connectivity index (χ0v) is 16.1. The average molecular weight is 374 g/mol. The first kappa shape index (κ1) is 17.6. The Hall–Kier alpha value is -2.19. The lowest BCUT2D eigenvalue weighted by molar-refractivity contribution is -0.122. The number of carbonyl (C=O) groups is 1. The average Bonchev–Trinajstić information content (AvgIpc) is 3.17. The fourth-order valence-corrected chi connectivity index (χ4v) is 4.12. The van der Waals surface area contributed by atoms with Crippen molar-refractivity contribution in [3.8, 4) is 5.75 Å². The van der Waals surface area contributed by atoms with E-state index in [1.165, 1.54) is 23.1 Å². The number of hydrogen-bond acceptors (Lipinski definition) is 7. The molecule has 0 N–H and O–H groups in total. The third-order valence-corrected chi connectivity index (χ3v) is 5.64. The number of aliphatic imine (C=N–C) groups is 1. The molecule has 0 atom stereocenters. The van der Waals surface area contributed by atoms with Crippen LogP contribution in [0.5, 0.6) is 5.75 Å². The van der Waals surface area contributed by atoms with E-state index in [4.69, 9.17) is 4.74 Å². The van der Waals surface area contributed by atoms with Gasteiger partial charge in [-0.3, -0.25) is 9.69 Å². The van der Waals surface area contributed by atoms with Gasteiger partial charge >= 0.3 is 0 Å². The molecule has 1 aromatic carbocycles. The van der Waals surface area contributed by atoms with Gasteiger partial charge in [0.15, 0.2) is 5.17 Å². The second-order valence-corrected chi connectivity index (χ2v) is 7.47. The zero-order chi connectivity index (χ0) is 18.0. The Kier molecular flexibility index (Phi) is 5.19. The van der Waals surface area contributed by atoms with Crippen LogP contribution in [0.25, 0.3) is 5.57 Å². The van der Waals surface area contributed by atoms with Gasteiger partial charge in [-0.2, -0.15) is 4.99 Å². The standard InChI is InChI=1S/C17H18N4O2S2/c1-5-21-15(22)14(10(2)12-7-6-8-13(9-12)23-4)25-17(21)18-16-20-19-11(3)24-16/h6-9H,5H2,1-4H3/b14-10-,18-17+. The second kappa shape index (κ2) is 7.37. The molecule has 3 rings (SSSR count). The predicted octanol–water partition coefficient (Wildman–Crippen LogP) is 3.87. The molecule has 0 spiro atoms. The van der Waals surface area contributed by atoms with E-state index in [1.54, 1.807) is 12.0 Å². The molecule has 0 unspecified atom stereocenters. The molecule has 6 nitrogen and oxygen atoms in total. The number of thioether (sulfide) groups is 1. The van der Waals surface area contributed by atoms with Crippen molar-refractivity contribution >= 4 is 44.9 Å². The summed E-state index contributed by atoms with van der Waals surface area (Å²) in [5.41, 5.74) is 1.87. The molecule has 1 aliphatic heterocycles. The summed E-state index contributed by atoms with van der Waals surface area (Å²) >= 11 is 2.78. The monoisotopic (exact) mass is 374 g/mol. The molecule has 1 aromatic heterocycles. The highest BCUT2D eigenvalue weighted by atomic mass is 32.2. The number of ether oxygens (including phenoxy) is 1. The molecule has 0 bridgehead atoms. The molecule has 1 saturated heterocycles. The maximum Gasteiger partial charge on any atom is 0.267 e. The van der Waals surface area contributed by atoms with Crippen molar-refractivity contribution in [2.75, 3.05) is 13.7 Å². The van der Waals surface area contributed by atoms with E-state index < -0.39 is 0 Å². The Morgan fingerprint density at radius 1 is 1.36 bits per heavy atom. The van der Waals surface area contributed by atoms with Crippen LogP contribution in [-0.4, -0.2) is 39.8 Å². The number of aryl methyl sites for hydroxylation is 1. The smallest absolute Gasteiger partial charge is 0.267 e. The van der Waals surface area contributed by atoms with E-state index >= 15 is 0 Å². The van der Waals surface area contributed by atoms with Crippen molar-refractivity contribution in [1.29, 1.82) is 0 Å². The van der Waals surface area contributed by atoms with Crippen molar-refractivity contribution in [1.82, 2.24) is 15.1 Å². The van der Waals surface area contributed by atoms with Gasteiger partial charge in [0.1, 0.15) is 10.8 Å². The summed E-state index contributed by atoms with van der Waals surface area (Å²) in [5, 5.41) is 10.0. The third-order valence-electron chi connectivity index (χ3n) is 3.73. The largest absolute Gasteiger partial charge is 0.497 e. The number of benzene rings is 1. The van der Waals surface area contributed by atoms with E-state index in [0.717, 1.165) is 21.9 Å². The van der Waals surface area contributed by atoms with Crippen LogP contribution in [0.3, 0.4) is 0 Å². The Bertz CT molecular complexity index is 873. The lowest BCUT2D eigenvalue weighted by Crippen LogP contribution is -2.28. The van der Waals surface area contributed by atoms with Gasteiger partial charge in [-0.15, -0.1) is 10.2 Å². The van der Waals surface area contributed by atoms with Crippen LogP contribution >= 0.6 is 23.1 Å². The normalized spacial score (nSPS) is 18.2. The maximum absolute atomic E-state index is 12.8. The number of rotatable bonds is 4. The minimum Gasteiger partial charge on any atom is -0.497 e. The molecule has 1 aliphatic rings. The summed E-state index contributed by atoms with van der Waals surface area (Å²) in [6, 6.07) is 7.70. The highest BCUT2D eigenvalue weighted by molar-refractivity contribution is 8.18. The van der Waals surface area contributed by atoms with E-state index in [9.17, 15) is 4.79 Å². The molecule has 2 aromatic rings. The summed E-state index contributed by atoms with van der Waals surface area (Å²) in [6.45, 7) is 6.31. The number of methoxy groups -OCH3 is 1. The number of likely N-dealkylation sites (N-methyl/N-ethyl adjacent to an activating group) is 1. The molecule has 1 fully saturated rings. The summed E-state index contributed by atoms with van der Waals surface area (Å²) in [4.78, 5) is 19.7. The second-order valence-electron chi connectivity index (χ2n) is 5.34. The van der Waals surface area contributed by atoms with E-state index in [2.05, 4.69) is 15.2 Å². The number of amidine groups is 1. The first-order valence-corrected chi connectivity index (χ1v) is 9.40. The highest BCUT2D eigenvalue weighted by Gasteiger charge is 2.34. The van der Waals surface area contributed by atoms with Crippen molar-refractivity contribution in [3.05, 3.63) is 39.7 Å². The Labute approximate surface area is 154 Å². The fraction of sp³-hybridized carbons (Fsp3) is 0.294. The lowest BCUT2D eigenvalue weighted by atomic mass is 10.1. The lowest BCUT2D eigenvalue weighted by Gasteiger charge is -2.11. The van der Waals surface area contributed by atoms with Crippen LogP contribution < -0.4 is 4.74 Å². The minimum atomic E-state index is -0.0344. The summed E-state index contributed by atoms with van der Waals surface area (Å²) in [6.07, 6.45) is 0. The van der Waals surface area contributed by atoms with Gasteiger partial charge in [0.05, 0.1) is 12.0 Å². The molecule has 0 aliphatic carbocycles. The Morgan fingerprint density at radius 3 is 2.80 bits per heavy atom. The molecular formula is C17H18N4O2S2. The Morgan fingerprint density at radius 2 is 2.16 bits per heavy atom. The van der Waals surface area contributed by atoms with Gasteiger partial charge in [-0.1, -0.05) is 23.5 Å². The number of nitrogens with zero attached hydrogens (tertiary/aromatic N) is 4. The molecule has 25 heavy (non-hydrogen) atoms. The Balaban J connectivity index is 1.99. The molecule has 0 saturated carbocycles. The molecule has 1 amide bonds. The highest BCUT2D eigenvalue weighted by Crippen LogP contribution is 2.38. The number of hydrogen-bond donors (Lipinski definition) is 0. The van der Waals surface area contributed by atoms with Crippen LogP contribution in [0.15, 0.2) is 34.2 Å². The van der Waals surface area contributed by atoms with Gasteiger partial charge in [0.25, 0.3) is 5.91 Å². The molecule has 130 valence electrons. The van der Waals surface area contributed by atoms with Crippen LogP contribution in [0.4, 0.5) is 5.13 Å². The summed E-state index contributed by atoms with van der Waals surface area (Å²) < 4.78 is 5.28.